The van der Waals surface area contributed by atoms with Crippen LogP contribution in [0.25, 0.3) is 33.5 Å². The predicted molar refractivity (Wildman–Crippen MR) is 108 cm³/mol. The molecule has 0 aliphatic rings. The van der Waals surface area contributed by atoms with E-state index in [1.165, 1.54) is 18.5 Å². The Balaban J connectivity index is 1.69. The van der Waals surface area contributed by atoms with Gasteiger partial charge in [0.2, 0.25) is 0 Å². The van der Waals surface area contributed by atoms with Crippen LogP contribution in [-0.4, -0.2) is 24.5 Å². The number of halogens is 2. The summed E-state index contributed by atoms with van der Waals surface area (Å²) in [7, 11) is 1.92. The summed E-state index contributed by atoms with van der Waals surface area (Å²) in [5, 5.41) is 4.71. The zero-order chi connectivity index (χ0) is 19.3. The van der Waals surface area contributed by atoms with Crippen LogP contribution in [0.4, 0.5) is 15.9 Å². The molecule has 5 rings (SSSR count). The molecule has 138 valence electrons. The monoisotopic (exact) mass is 392 g/mol. The lowest BCUT2D eigenvalue weighted by molar-refractivity contribution is 0.628. The van der Waals surface area contributed by atoms with Gasteiger partial charge in [-0.05, 0) is 42.5 Å². The molecule has 0 aliphatic heterocycles. The van der Waals surface area contributed by atoms with Gasteiger partial charge >= 0.3 is 0 Å². The van der Waals surface area contributed by atoms with Crippen LogP contribution in [0.1, 0.15) is 0 Å². The van der Waals surface area contributed by atoms with Gasteiger partial charge in [-0.15, -0.1) is 0 Å². The highest BCUT2D eigenvalue weighted by atomic mass is 35.5. The SMILES string of the molecule is Cn1cc(-c2nc3ccc(Cl)cc3[nH]2)c2c(Nc3ccc(F)cc3)ncnc21. The second-order valence-corrected chi connectivity index (χ2v) is 6.89. The smallest absolute Gasteiger partial charge is 0.145 e. The Hall–Kier alpha value is -3.45. The molecule has 8 heteroatoms. The van der Waals surface area contributed by atoms with Gasteiger partial charge < -0.3 is 14.9 Å². The Labute approximate surface area is 164 Å². The van der Waals surface area contributed by atoms with E-state index in [0.717, 1.165) is 33.3 Å². The van der Waals surface area contributed by atoms with Gasteiger partial charge in [-0.25, -0.2) is 19.3 Å². The molecule has 5 aromatic rings. The number of nitrogens with one attached hydrogen (secondary N) is 2. The molecule has 0 bridgehead atoms. The molecular formula is C20H14ClFN6. The quantitative estimate of drug-likeness (QED) is 0.451. The fourth-order valence-electron chi connectivity index (χ4n) is 3.26. The molecule has 0 amide bonds. The molecule has 0 spiro atoms. The van der Waals surface area contributed by atoms with Crippen molar-refractivity contribution in [3.8, 4) is 11.4 Å². The van der Waals surface area contributed by atoms with E-state index < -0.39 is 0 Å². The molecule has 0 saturated heterocycles. The zero-order valence-corrected chi connectivity index (χ0v) is 15.5. The minimum atomic E-state index is -0.292. The maximum atomic E-state index is 13.2. The standard InChI is InChI=1S/C20H14ClFN6/c1-28-9-14(18-26-15-7-2-11(21)8-16(15)27-18)17-19(23-10-24-20(17)28)25-13-5-3-12(22)4-6-13/h2-10H,1H3,(H,26,27)(H,23,24,25). The second-order valence-electron chi connectivity index (χ2n) is 6.45. The summed E-state index contributed by atoms with van der Waals surface area (Å²) in [6.45, 7) is 0. The normalized spacial score (nSPS) is 11.4. The van der Waals surface area contributed by atoms with Crippen molar-refractivity contribution in [1.29, 1.82) is 0 Å². The van der Waals surface area contributed by atoms with Crippen LogP contribution in [0, 0.1) is 5.82 Å². The highest BCUT2D eigenvalue weighted by Gasteiger charge is 2.18. The molecule has 2 aromatic carbocycles. The van der Waals surface area contributed by atoms with Crippen molar-refractivity contribution in [1.82, 2.24) is 24.5 Å². The third kappa shape index (κ3) is 2.76. The molecule has 0 fully saturated rings. The van der Waals surface area contributed by atoms with E-state index in [2.05, 4.69) is 25.3 Å². The maximum absolute atomic E-state index is 13.2. The average Bonchev–Trinajstić information content (AvgIpc) is 3.25. The van der Waals surface area contributed by atoms with E-state index in [1.807, 2.05) is 36.0 Å². The van der Waals surface area contributed by atoms with Crippen LogP contribution in [-0.2, 0) is 7.05 Å². The largest absolute Gasteiger partial charge is 0.340 e. The lowest BCUT2D eigenvalue weighted by atomic mass is 10.2. The molecule has 0 saturated carbocycles. The number of hydrogen-bond acceptors (Lipinski definition) is 4. The number of H-pyrrole nitrogens is 1. The van der Waals surface area contributed by atoms with Crippen molar-refractivity contribution < 1.29 is 4.39 Å². The van der Waals surface area contributed by atoms with Gasteiger partial charge in [-0.1, -0.05) is 11.6 Å². The second kappa shape index (κ2) is 6.31. The Morgan fingerprint density at radius 3 is 2.75 bits per heavy atom. The number of nitrogens with zero attached hydrogens (tertiary/aromatic N) is 4. The van der Waals surface area contributed by atoms with E-state index in [-0.39, 0.29) is 5.82 Å². The van der Waals surface area contributed by atoms with E-state index in [4.69, 9.17) is 11.6 Å². The van der Waals surface area contributed by atoms with E-state index in [9.17, 15) is 4.39 Å². The summed E-state index contributed by atoms with van der Waals surface area (Å²) in [6.07, 6.45) is 3.45. The lowest BCUT2D eigenvalue weighted by Crippen LogP contribution is -1.97. The maximum Gasteiger partial charge on any atom is 0.145 e. The van der Waals surface area contributed by atoms with Crippen molar-refractivity contribution in [3.63, 3.8) is 0 Å². The number of fused-ring (bicyclic) bond motifs is 2. The molecule has 3 aromatic heterocycles. The van der Waals surface area contributed by atoms with Crippen LogP contribution in [0.15, 0.2) is 55.0 Å². The molecule has 2 N–H and O–H groups in total. The lowest BCUT2D eigenvalue weighted by Gasteiger charge is -2.07. The third-order valence-electron chi connectivity index (χ3n) is 4.56. The summed E-state index contributed by atoms with van der Waals surface area (Å²) >= 11 is 6.09. The fraction of sp³-hybridized carbons (Fsp3) is 0.0500. The summed E-state index contributed by atoms with van der Waals surface area (Å²) in [5.74, 6) is 1.02. The Morgan fingerprint density at radius 1 is 1.11 bits per heavy atom. The van der Waals surface area contributed by atoms with Gasteiger partial charge in [0, 0.05) is 29.5 Å². The van der Waals surface area contributed by atoms with E-state index in [0.29, 0.717) is 16.7 Å². The minimum absolute atomic E-state index is 0.292. The first-order valence-electron chi connectivity index (χ1n) is 8.57. The Kier molecular flexibility index (Phi) is 3.77. The number of anilines is 2. The van der Waals surface area contributed by atoms with E-state index in [1.54, 1.807) is 12.1 Å². The topological polar surface area (TPSA) is 71.4 Å². The van der Waals surface area contributed by atoms with Crippen molar-refractivity contribution >= 4 is 45.2 Å². The Morgan fingerprint density at radius 2 is 1.93 bits per heavy atom. The van der Waals surface area contributed by atoms with Gasteiger partial charge in [-0.2, -0.15) is 0 Å². The molecule has 0 unspecified atom stereocenters. The first-order valence-corrected chi connectivity index (χ1v) is 8.94. The van der Waals surface area contributed by atoms with Gasteiger partial charge in [0.15, 0.2) is 0 Å². The number of aromatic amines is 1. The highest BCUT2D eigenvalue weighted by molar-refractivity contribution is 6.31. The first-order chi connectivity index (χ1) is 13.6. The van der Waals surface area contributed by atoms with Crippen LogP contribution >= 0.6 is 11.6 Å². The van der Waals surface area contributed by atoms with Crippen LogP contribution in [0.2, 0.25) is 5.02 Å². The van der Waals surface area contributed by atoms with Gasteiger partial charge in [-0.3, -0.25) is 0 Å². The summed E-state index contributed by atoms with van der Waals surface area (Å²) in [5.41, 5.74) is 4.02. The number of benzene rings is 2. The van der Waals surface area contributed by atoms with Gasteiger partial charge in [0.05, 0.1) is 16.4 Å². The van der Waals surface area contributed by atoms with Crippen LogP contribution < -0.4 is 5.32 Å². The molecule has 6 nitrogen and oxygen atoms in total. The van der Waals surface area contributed by atoms with Crippen molar-refractivity contribution in [3.05, 3.63) is 65.8 Å². The number of aryl methyl sites for hydroxylation is 1. The number of rotatable bonds is 3. The predicted octanol–water partition coefficient (Wildman–Crippen LogP) is 5.05. The molecule has 0 atom stereocenters. The number of hydrogen-bond donors (Lipinski definition) is 2. The van der Waals surface area contributed by atoms with Crippen molar-refractivity contribution in [2.45, 2.75) is 0 Å². The summed E-state index contributed by atoms with van der Waals surface area (Å²) in [4.78, 5) is 16.8. The number of imidazole rings is 1. The molecule has 0 aliphatic carbocycles. The Bertz CT molecular complexity index is 1320. The highest BCUT2D eigenvalue weighted by Crippen LogP contribution is 2.34. The van der Waals surface area contributed by atoms with Crippen molar-refractivity contribution in [2.24, 2.45) is 7.05 Å². The summed E-state index contributed by atoms with van der Waals surface area (Å²) < 4.78 is 15.1. The minimum Gasteiger partial charge on any atom is -0.340 e. The summed E-state index contributed by atoms with van der Waals surface area (Å²) in [6, 6.07) is 11.6. The van der Waals surface area contributed by atoms with E-state index >= 15 is 0 Å². The zero-order valence-electron chi connectivity index (χ0n) is 14.7. The molecule has 0 radical (unpaired) electrons. The first kappa shape index (κ1) is 16.7. The van der Waals surface area contributed by atoms with Gasteiger partial charge in [0.25, 0.3) is 0 Å². The van der Waals surface area contributed by atoms with Crippen LogP contribution in [0.3, 0.4) is 0 Å². The third-order valence-corrected chi connectivity index (χ3v) is 4.79. The molecule has 3 heterocycles. The van der Waals surface area contributed by atoms with Gasteiger partial charge in [0.1, 0.15) is 29.4 Å². The fourth-order valence-corrected chi connectivity index (χ4v) is 3.44. The molecular weight excluding hydrogens is 379 g/mol. The van der Waals surface area contributed by atoms with Crippen molar-refractivity contribution in [2.75, 3.05) is 5.32 Å². The molecule has 28 heavy (non-hydrogen) atoms. The average molecular weight is 393 g/mol. The number of aromatic nitrogens is 5. The van der Waals surface area contributed by atoms with Crippen LogP contribution in [0.5, 0.6) is 0 Å².